The first kappa shape index (κ1) is 13.3. The summed E-state index contributed by atoms with van der Waals surface area (Å²) in [4.78, 5) is 0.446. The van der Waals surface area contributed by atoms with Crippen LogP contribution in [0.1, 0.15) is 30.9 Å². The van der Waals surface area contributed by atoms with Gasteiger partial charge < -0.3 is 15.8 Å². The normalized spacial score (nSPS) is 22.3. The second-order valence-corrected chi connectivity index (χ2v) is 5.24. The van der Waals surface area contributed by atoms with Gasteiger partial charge in [-0.1, -0.05) is 23.8 Å². The average molecular weight is 264 g/mol. The standard InChI is InChI=1S/C14H20N2OS/c1-3-17-11-7-10(8-11)16-13-5-4-9(2)6-12(13)14(15)18/h4-6,10-11,16H,3,7-8H2,1-2H3,(H2,15,18). The highest BCUT2D eigenvalue weighted by atomic mass is 32.1. The maximum absolute atomic E-state index is 5.76. The van der Waals surface area contributed by atoms with Gasteiger partial charge in [-0.2, -0.15) is 0 Å². The zero-order valence-corrected chi connectivity index (χ0v) is 11.7. The number of nitrogens with one attached hydrogen (secondary N) is 1. The minimum absolute atomic E-state index is 0.409. The summed E-state index contributed by atoms with van der Waals surface area (Å²) in [6.07, 6.45) is 2.52. The van der Waals surface area contributed by atoms with Gasteiger partial charge in [0, 0.05) is 23.9 Å². The van der Waals surface area contributed by atoms with Crippen molar-refractivity contribution in [1.29, 1.82) is 0 Å². The molecule has 0 atom stereocenters. The molecule has 0 spiro atoms. The molecule has 1 saturated carbocycles. The predicted octanol–water partition coefficient (Wildman–Crippen LogP) is 2.61. The minimum Gasteiger partial charge on any atom is -0.389 e. The van der Waals surface area contributed by atoms with Gasteiger partial charge >= 0.3 is 0 Å². The van der Waals surface area contributed by atoms with E-state index in [9.17, 15) is 0 Å². The number of anilines is 1. The summed E-state index contributed by atoms with van der Waals surface area (Å²) in [6, 6.07) is 6.63. The molecule has 0 saturated heterocycles. The Hall–Kier alpha value is -1.13. The van der Waals surface area contributed by atoms with Crippen LogP contribution in [0, 0.1) is 6.92 Å². The summed E-state index contributed by atoms with van der Waals surface area (Å²) >= 11 is 5.09. The van der Waals surface area contributed by atoms with Crippen molar-refractivity contribution in [2.24, 2.45) is 5.73 Å². The summed E-state index contributed by atoms with van der Waals surface area (Å²) in [6.45, 7) is 4.87. The summed E-state index contributed by atoms with van der Waals surface area (Å²) in [5, 5.41) is 3.50. The van der Waals surface area contributed by atoms with E-state index in [1.54, 1.807) is 0 Å². The smallest absolute Gasteiger partial charge is 0.106 e. The molecular formula is C14H20N2OS. The Bertz CT molecular complexity index is 441. The second-order valence-electron chi connectivity index (χ2n) is 4.80. The molecule has 4 heteroatoms. The van der Waals surface area contributed by atoms with Gasteiger partial charge in [0.2, 0.25) is 0 Å². The molecule has 2 rings (SSSR count). The van der Waals surface area contributed by atoms with E-state index >= 15 is 0 Å². The van der Waals surface area contributed by atoms with Gasteiger partial charge in [0.15, 0.2) is 0 Å². The lowest BCUT2D eigenvalue weighted by Gasteiger charge is -2.36. The maximum Gasteiger partial charge on any atom is 0.106 e. The van der Waals surface area contributed by atoms with Crippen LogP contribution in [-0.4, -0.2) is 23.7 Å². The number of ether oxygens (including phenoxy) is 1. The van der Waals surface area contributed by atoms with Crippen LogP contribution in [0.4, 0.5) is 5.69 Å². The molecule has 1 aliphatic rings. The Balaban J connectivity index is 2.00. The van der Waals surface area contributed by atoms with Crippen molar-refractivity contribution in [2.75, 3.05) is 11.9 Å². The van der Waals surface area contributed by atoms with Crippen molar-refractivity contribution in [3.63, 3.8) is 0 Å². The van der Waals surface area contributed by atoms with Crippen LogP contribution in [0.2, 0.25) is 0 Å². The van der Waals surface area contributed by atoms with Gasteiger partial charge in [-0.3, -0.25) is 0 Å². The summed E-state index contributed by atoms with van der Waals surface area (Å²) in [5.74, 6) is 0. The summed E-state index contributed by atoms with van der Waals surface area (Å²) < 4.78 is 5.55. The molecule has 0 radical (unpaired) electrons. The quantitative estimate of drug-likeness (QED) is 0.803. The van der Waals surface area contributed by atoms with E-state index in [-0.39, 0.29) is 0 Å². The maximum atomic E-state index is 5.76. The summed E-state index contributed by atoms with van der Waals surface area (Å²) in [5.41, 5.74) is 8.90. The third-order valence-corrected chi connectivity index (χ3v) is 3.52. The SMILES string of the molecule is CCOC1CC(Nc2ccc(C)cc2C(N)=S)C1. The van der Waals surface area contributed by atoms with E-state index < -0.39 is 0 Å². The van der Waals surface area contributed by atoms with E-state index in [2.05, 4.69) is 17.4 Å². The van der Waals surface area contributed by atoms with Crippen molar-refractivity contribution in [2.45, 2.75) is 38.8 Å². The first-order valence-electron chi connectivity index (χ1n) is 6.38. The Morgan fingerprint density at radius 3 is 2.83 bits per heavy atom. The largest absolute Gasteiger partial charge is 0.389 e. The van der Waals surface area contributed by atoms with Crippen molar-refractivity contribution >= 4 is 22.9 Å². The molecule has 1 fully saturated rings. The Morgan fingerprint density at radius 1 is 1.50 bits per heavy atom. The highest BCUT2D eigenvalue weighted by Crippen LogP contribution is 2.28. The van der Waals surface area contributed by atoms with E-state index in [4.69, 9.17) is 22.7 Å². The van der Waals surface area contributed by atoms with Crippen molar-refractivity contribution < 1.29 is 4.74 Å². The number of thiocarbonyl (C=S) groups is 1. The number of nitrogens with two attached hydrogens (primary N) is 1. The van der Waals surface area contributed by atoms with Crippen LogP contribution in [-0.2, 0) is 4.74 Å². The molecule has 0 heterocycles. The van der Waals surface area contributed by atoms with Gasteiger partial charge in [-0.25, -0.2) is 0 Å². The number of benzene rings is 1. The fourth-order valence-electron chi connectivity index (χ4n) is 2.26. The Kier molecular flexibility index (Phi) is 4.19. The van der Waals surface area contributed by atoms with Gasteiger partial charge in [0.25, 0.3) is 0 Å². The van der Waals surface area contributed by atoms with E-state index in [0.717, 1.165) is 30.7 Å². The van der Waals surface area contributed by atoms with Crippen LogP contribution in [0.5, 0.6) is 0 Å². The average Bonchev–Trinajstić information content (AvgIpc) is 2.28. The molecule has 0 aromatic heterocycles. The van der Waals surface area contributed by atoms with Gasteiger partial charge in [-0.05, 0) is 38.8 Å². The molecule has 3 nitrogen and oxygen atoms in total. The molecule has 0 aliphatic heterocycles. The highest BCUT2D eigenvalue weighted by molar-refractivity contribution is 7.80. The first-order valence-corrected chi connectivity index (χ1v) is 6.79. The van der Waals surface area contributed by atoms with Crippen molar-refractivity contribution in [1.82, 2.24) is 0 Å². The summed E-state index contributed by atoms with van der Waals surface area (Å²) in [7, 11) is 0. The van der Waals surface area contributed by atoms with Crippen LogP contribution in [0.3, 0.4) is 0 Å². The van der Waals surface area contributed by atoms with Crippen LogP contribution >= 0.6 is 12.2 Å². The molecular weight excluding hydrogens is 244 g/mol. The zero-order valence-electron chi connectivity index (χ0n) is 10.9. The molecule has 3 N–H and O–H groups in total. The van der Waals surface area contributed by atoms with Crippen LogP contribution < -0.4 is 11.1 Å². The fourth-order valence-corrected chi connectivity index (χ4v) is 2.43. The van der Waals surface area contributed by atoms with Gasteiger partial charge in [0.1, 0.15) is 4.99 Å². The molecule has 1 aromatic rings. The predicted molar refractivity (Wildman–Crippen MR) is 79.1 cm³/mol. The molecule has 0 amide bonds. The third-order valence-electron chi connectivity index (χ3n) is 3.30. The molecule has 18 heavy (non-hydrogen) atoms. The number of hydrogen-bond donors (Lipinski definition) is 2. The lowest BCUT2D eigenvalue weighted by molar-refractivity contribution is 0.00299. The molecule has 1 aliphatic carbocycles. The Labute approximate surface area is 114 Å². The van der Waals surface area contributed by atoms with E-state index in [1.165, 1.54) is 5.56 Å². The number of hydrogen-bond acceptors (Lipinski definition) is 3. The topological polar surface area (TPSA) is 47.3 Å². The number of aryl methyl sites for hydroxylation is 1. The monoisotopic (exact) mass is 264 g/mol. The fraction of sp³-hybridized carbons (Fsp3) is 0.500. The van der Waals surface area contributed by atoms with E-state index in [0.29, 0.717) is 17.1 Å². The molecule has 0 bridgehead atoms. The highest BCUT2D eigenvalue weighted by Gasteiger charge is 2.29. The molecule has 1 aromatic carbocycles. The lowest BCUT2D eigenvalue weighted by Crippen LogP contribution is -2.41. The Morgan fingerprint density at radius 2 is 2.22 bits per heavy atom. The van der Waals surface area contributed by atoms with Gasteiger partial charge in [-0.15, -0.1) is 0 Å². The minimum atomic E-state index is 0.409. The van der Waals surface area contributed by atoms with Crippen LogP contribution in [0.15, 0.2) is 18.2 Å². The molecule has 98 valence electrons. The molecule has 0 unspecified atom stereocenters. The van der Waals surface area contributed by atoms with Crippen molar-refractivity contribution in [3.05, 3.63) is 29.3 Å². The van der Waals surface area contributed by atoms with Gasteiger partial charge in [0.05, 0.1) is 6.10 Å². The lowest BCUT2D eigenvalue weighted by atomic mass is 9.88. The number of rotatable bonds is 5. The first-order chi connectivity index (χ1) is 8.60. The third kappa shape index (κ3) is 3.00. The van der Waals surface area contributed by atoms with Crippen LogP contribution in [0.25, 0.3) is 0 Å². The van der Waals surface area contributed by atoms with Crippen molar-refractivity contribution in [3.8, 4) is 0 Å². The van der Waals surface area contributed by atoms with E-state index in [1.807, 2.05) is 19.9 Å². The zero-order chi connectivity index (χ0) is 13.1. The second kappa shape index (κ2) is 5.67.